The van der Waals surface area contributed by atoms with Crippen LogP contribution in [-0.2, 0) is 11.3 Å². The number of thiophene rings is 1. The van der Waals surface area contributed by atoms with Gasteiger partial charge in [-0.05, 0) is 57.5 Å². The first-order chi connectivity index (χ1) is 17.1. The topological polar surface area (TPSA) is 90.6 Å². The highest BCUT2D eigenvalue weighted by molar-refractivity contribution is 7.22. The van der Waals surface area contributed by atoms with Crippen molar-refractivity contribution in [3.63, 3.8) is 0 Å². The molecule has 0 radical (unpaired) electrons. The second-order valence-electron chi connectivity index (χ2n) is 9.34. The van der Waals surface area contributed by atoms with Crippen LogP contribution in [-0.4, -0.2) is 33.1 Å². The Balaban J connectivity index is 1.60. The summed E-state index contributed by atoms with van der Waals surface area (Å²) >= 11 is 1.45. The number of ether oxygens (including phenoxy) is 2. The fourth-order valence-corrected chi connectivity index (χ4v) is 4.61. The number of carbonyl (C=O) groups excluding carboxylic acids is 1. The standard InChI is InChI=1S/C27H29FN4O3S/c1-5-13-32(26(33)35-27(2,3)4)16-18-7-6-8-20(31-18)24-15-21-25(36-24)23(11-12-30-21)34-22-10-9-17(29)14-19(22)28/h6-12,14-15H,5,13,16,29H2,1-4H3. The van der Waals surface area contributed by atoms with E-state index in [2.05, 4.69) is 4.98 Å². The molecule has 0 aliphatic rings. The lowest BCUT2D eigenvalue weighted by molar-refractivity contribution is 0.0231. The van der Waals surface area contributed by atoms with Gasteiger partial charge < -0.3 is 20.1 Å². The lowest BCUT2D eigenvalue weighted by Gasteiger charge is -2.27. The average molecular weight is 509 g/mol. The Labute approximate surface area is 213 Å². The SMILES string of the molecule is CCCN(Cc1cccc(-c2cc3nccc(Oc4ccc(N)cc4F)c3s2)n1)C(=O)OC(C)(C)C. The van der Waals surface area contributed by atoms with Gasteiger partial charge in [0.2, 0.25) is 0 Å². The summed E-state index contributed by atoms with van der Waals surface area (Å²) in [5.74, 6) is 0.0489. The highest BCUT2D eigenvalue weighted by Gasteiger charge is 2.22. The van der Waals surface area contributed by atoms with Crippen LogP contribution in [0.2, 0.25) is 0 Å². The summed E-state index contributed by atoms with van der Waals surface area (Å²) in [5, 5.41) is 0. The fraction of sp³-hybridized carbons (Fsp3) is 0.296. The molecule has 3 aromatic heterocycles. The number of nitrogens with two attached hydrogens (primary N) is 1. The molecule has 0 aliphatic heterocycles. The minimum Gasteiger partial charge on any atom is -0.453 e. The highest BCUT2D eigenvalue weighted by atomic mass is 32.1. The molecule has 188 valence electrons. The van der Waals surface area contributed by atoms with E-state index in [1.807, 2.05) is 52.0 Å². The summed E-state index contributed by atoms with van der Waals surface area (Å²) in [6.45, 7) is 8.47. The second-order valence-corrected chi connectivity index (χ2v) is 10.4. The monoisotopic (exact) mass is 508 g/mol. The summed E-state index contributed by atoms with van der Waals surface area (Å²) in [6, 6.07) is 13.7. The molecule has 1 aromatic carbocycles. The number of amides is 1. The average Bonchev–Trinajstić information content (AvgIpc) is 3.25. The predicted octanol–water partition coefficient (Wildman–Crippen LogP) is 7.02. The number of nitrogens with zero attached hydrogens (tertiary/aromatic N) is 3. The second kappa shape index (κ2) is 10.5. The molecule has 2 N–H and O–H groups in total. The van der Waals surface area contributed by atoms with Gasteiger partial charge in [-0.2, -0.15) is 0 Å². The molecular weight excluding hydrogens is 479 g/mol. The van der Waals surface area contributed by atoms with Gasteiger partial charge in [0, 0.05) is 30.6 Å². The third-order valence-electron chi connectivity index (χ3n) is 5.11. The summed E-state index contributed by atoms with van der Waals surface area (Å²) in [6.07, 6.45) is 2.06. The molecule has 3 heterocycles. The van der Waals surface area contributed by atoms with Crippen LogP contribution in [0, 0.1) is 5.82 Å². The molecular formula is C27H29FN4O3S. The smallest absolute Gasteiger partial charge is 0.410 e. The van der Waals surface area contributed by atoms with Crippen molar-refractivity contribution in [1.82, 2.24) is 14.9 Å². The van der Waals surface area contributed by atoms with Crippen LogP contribution in [0.5, 0.6) is 11.5 Å². The van der Waals surface area contributed by atoms with Gasteiger partial charge >= 0.3 is 6.09 Å². The van der Waals surface area contributed by atoms with E-state index >= 15 is 0 Å². The Morgan fingerprint density at radius 2 is 1.94 bits per heavy atom. The zero-order valence-corrected chi connectivity index (χ0v) is 21.6. The quantitative estimate of drug-likeness (QED) is 0.270. The fourth-order valence-electron chi connectivity index (χ4n) is 3.57. The molecule has 4 aromatic rings. The Morgan fingerprint density at radius 3 is 2.67 bits per heavy atom. The first-order valence-corrected chi connectivity index (χ1v) is 12.5. The summed E-state index contributed by atoms with van der Waals surface area (Å²) in [4.78, 5) is 24.5. The Morgan fingerprint density at radius 1 is 1.14 bits per heavy atom. The van der Waals surface area contributed by atoms with Crippen molar-refractivity contribution in [3.8, 4) is 22.1 Å². The predicted molar refractivity (Wildman–Crippen MR) is 141 cm³/mol. The van der Waals surface area contributed by atoms with Gasteiger partial charge in [-0.15, -0.1) is 11.3 Å². The maximum Gasteiger partial charge on any atom is 0.410 e. The molecule has 7 nitrogen and oxygen atoms in total. The molecule has 4 rings (SSSR count). The maximum absolute atomic E-state index is 14.3. The molecule has 0 fully saturated rings. The zero-order chi connectivity index (χ0) is 25.9. The normalized spacial score (nSPS) is 11.5. The van der Waals surface area contributed by atoms with Crippen LogP contribution in [0.4, 0.5) is 14.9 Å². The Bertz CT molecular complexity index is 1380. The first-order valence-electron chi connectivity index (χ1n) is 11.7. The first kappa shape index (κ1) is 25.4. The van der Waals surface area contributed by atoms with Crippen molar-refractivity contribution < 1.29 is 18.7 Å². The number of benzene rings is 1. The van der Waals surface area contributed by atoms with Crippen molar-refractivity contribution in [1.29, 1.82) is 0 Å². The number of aromatic nitrogens is 2. The molecule has 9 heteroatoms. The molecule has 0 saturated heterocycles. The van der Waals surface area contributed by atoms with Gasteiger partial charge in [0.1, 0.15) is 11.4 Å². The van der Waals surface area contributed by atoms with Gasteiger partial charge in [0.25, 0.3) is 0 Å². The Hall–Kier alpha value is -3.72. The molecule has 0 spiro atoms. The lowest BCUT2D eigenvalue weighted by atomic mass is 10.2. The minimum absolute atomic E-state index is 0.0879. The molecule has 0 aliphatic carbocycles. The number of nitrogen functional groups attached to an aromatic ring is 1. The molecule has 0 unspecified atom stereocenters. The number of fused-ring (bicyclic) bond motifs is 1. The van der Waals surface area contributed by atoms with E-state index < -0.39 is 11.4 Å². The number of carbonyl (C=O) groups is 1. The largest absolute Gasteiger partial charge is 0.453 e. The summed E-state index contributed by atoms with van der Waals surface area (Å²) < 4.78 is 26.5. The number of halogens is 1. The van der Waals surface area contributed by atoms with E-state index in [4.69, 9.17) is 20.2 Å². The van der Waals surface area contributed by atoms with Crippen molar-refractivity contribution in [2.75, 3.05) is 12.3 Å². The molecule has 1 amide bonds. The van der Waals surface area contributed by atoms with E-state index in [1.54, 1.807) is 23.2 Å². The third kappa shape index (κ3) is 6.09. The highest BCUT2D eigenvalue weighted by Crippen LogP contribution is 2.39. The number of anilines is 1. The van der Waals surface area contributed by atoms with Crippen LogP contribution >= 0.6 is 11.3 Å². The molecule has 0 bridgehead atoms. The van der Waals surface area contributed by atoms with Crippen molar-refractivity contribution in [2.45, 2.75) is 46.3 Å². The van der Waals surface area contributed by atoms with Crippen LogP contribution in [0.25, 0.3) is 20.8 Å². The van der Waals surface area contributed by atoms with E-state index in [-0.39, 0.29) is 11.8 Å². The van der Waals surface area contributed by atoms with Gasteiger partial charge in [-0.1, -0.05) is 13.0 Å². The summed E-state index contributed by atoms with van der Waals surface area (Å²) in [7, 11) is 0. The van der Waals surface area contributed by atoms with Crippen LogP contribution in [0.15, 0.2) is 54.7 Å². The van der Waals surface area contributed by atoms with E-state index in [0.717, 1.165) is 32.9 Å². The van der Waals surface area contributed by atoms with Crippen molar-refractivity contribution in [3.05, 3.63) is 66.2 Å². The van der Waals surface area contributed by atoms with E-state index in [1.165, 1.54) is 23.5 Å². The van der Waals surface area contributed by atoms with E-state index in [9.17, 15) is 9.18 Å². The maximum atomic E-state index is 14.3. The van der Waals surface area contributed by atoms with Crippen LogP contribution in [0.3, 0.4) is 0 Å². The van der Waals surface area contributed by atoms with Gasteiger partial charge in [0.05, 0.1) is 33.0 Å². The zero-order valence-electron chi connectivity index (χ0n) is 20.7. The number of hydrogen-bond acceptors (Lipinski definition) is 7. The van der Waals surface area contributed by atoms with E-state index in [0.29, 0.717) is 24.5 Å². The van der Waals surface area contributed by atoms with Crippen LogP contribution in [0.1, 0.15) is 39.8 Å². The third-order valence-corrected chi connectivity index (χ3v) is 6.27. The number of hydrogen-bond donors (Lipinski definition) is 1. The lowest BCUT2D eigenvalue weighted by Crippen LogP contribution is -2.37. The van der Waals surface area contributed by atoms with Gasteiger partial charge in [-0.25, -0.2) is 9.18 Å². The Kier molecular flexibility index (Phi) is 7.40. The summed E-state index contributed by atoms with van der Waals surface area (Å²) in [5.41, 5.74) is 7.62. The molecule has 0 atom stereocenters. The van der Waals surface area contributed by atoms with Gasteiger partial charge in [-0.3, -0.25) is 9.97 Å². The van der Waals surface area contributed by atoms with Crippen molar-refractivity contribution in [2.24, 2.45) is 0 Å². The molecule has 0 saturated carbocycles. The minimum atomic E-state index is -0.572. The van der Waals surface area contributed by atoms with Crippen molar-refractivity contribution >= 4 is 33.3 Å². The number of rotatable bonds is 7. The van der Waals surface area contributed by atoms with Gasteiger partial charge in [0.15, 0.2) is 11.6 Å². The molecule has 36 heavy (non-hydrogen) atoms. The van der Waals surface area contributed by atoms with Crippen LogP contribution < -0.4 is 10.5 Å². The number of pyridine rings is 2.